The van der Waals surface area contributed by atoms with E-state index < -0.39 is 0 Å². The Morgan fingerprint density at radius 1 is 1.25 bits per heavy atom. The highest BCUT2D eigenvalue weighted by Crippen LogP contribution is 2.37. The second kappa shape index (κ2) is 13.1. The van der Waals surface area contributed by atoms with Crippen molar-refractivity contribution < 1.29 is 13.9 Å². The fourth-order valence-corrected chi connectivity index (χ4v) is 4.92. The van der Waals surface area contributed by atoms with E-state index in [4.69, 9.17) is 38.7 Å². The molecule has 0 spiro atoms. The van der Waals surface area contributed by atoms with Gasteiger partial charge in [-0.05, 0) is 62.6 Å². The highest BCUT2D eigenvalue weighted by atomic mass is 35.5. The van der Waals surface area contributed by atoms with E-state index in [2.05, 4.69) is 11.9 Å². The third-order valence-corrected chi connectivity index (χ3v) is 7.28. The zero-order valence-corrected chi connectivity index (χ0v) is 22.2. The van der Waals surface area contributed by atoms with Crippen molar-refractivity contribution in [3.63, 3.8) is 0 Å². The van der Waals surface area contributed by atoms with Gasteiger partial charge in [0.15, 0.2) is 0 Å². The van der Waals surface area contributed by atoms with Crippen LogP contribution in [0.3, 0.4) is 0 Å². The van der Waals surface area contributed by atoms with Crippen molar-refractivity contribution in [1.82, 2.24) is 4.90 Å². The number of nitrogens with zero attached hydrogens (tertiary/aromatic N) is 2. The smallest absolute Gasteiger partial charge is 0.245 e. The molecule has 1 unspecified atom stereocenters. The molecule has 2 aliphatic rings. The Balaban J connectivity index is 0.000000201. The van der Waals surface area contributed by atoms with Crippen LogP contribution in [0.25, 0.3) is 0 Å². The van der Waals surface area contributed by atoms with Gasteiger partial charge in [-0.25, -0.2) is 4.39 Å². The number of amides is 1. The molecule has 2 aromatic rings. The fourth-order valence-electron chi connectivity index (χ4n) is 4.45. The highest BCUT2D eigenvalue weighted by Gasteiger charge is 2.30. The molecular formula is C27H33Cl2FN4O2. The van der Waals surface area contributed by atoms with Gasteiger partial charge in [0, 0.05) is 67.5 Å². The van der Waals surface area contributed by atoms with Crippen LogP contribution < -0.4 is 11.1 Å². The maximum absolute atomic E-state index is 13.8. The molecule has 2 aromatic carbocycles. The van der Waals surface area contributed by atoms with Crippen LogP contribution in [0.1, 0.15) is 43.2 Å². The number of likely N-dealkylation sites (tertiary alicyclic amines) is 1. The predicted molar refractivity (Wildman–Crippen MR) is 147 cm³/mol. The SMILES string of the molecule is C=CC(=O)N1CCC(c2c(F)ccc(Cl)c2Cl)C1.CNc1ccc(C(C)=NC2CCOCC2)c(N)c1. The zero-order chi connectivity index (χ0) is 26.2. The molecule has 0 saturated carbocycles. The lowest BCUT2D eigenvalue weighted by Crippen LogP contribution is -2.26. The number of nitrogen functional groups attached to an aromatic ring is 1. The lowest BCUT2D eigenvalue weighted by atomic mass is 9.98. The minimum atomic E-state index is -0.373. The molecule has 6 nitrogen and oxygen atoms in total. The van der Waals surface area contributed by atoms with Gasteiger partial charge in [0.1, 0.15) is 5.82 Å². The van der Waals surface area contributed by atoms with E-state index in [0.717, 1.165) is 48.7 Å². The standard InChI is InChI=1S/C14H21N3O.C13H12Cl2FNO/c1-10(17-11-5-7-18-8-6-11)13-4-3-12(16-2)9-14(13)15;1-2-11(18)17-6-5-8(7-17)12-10(16)4-3-9(14)13(12)15/h3-4,9,11,16H,5-8,15H2,1-2H3;2-4,8H,1,5-7H2. The number of aliphatic imine (C=N–C) groups is 1. The molecule has 2 aliphatic heterocycles. The average molecular weight is 535 g/mol. The maximum Gasteiger partial charge on any atom is 0.245 e. The lowest BCUT2D eigenvalue weighted by Gasteiger charge is -2.19. The van der Waals surface area contributed by atoms with Crippen LogP contribution in [0.4, 0.5) is 15.8 Å². The van der Waals surface area contributed by atoms with Gasteiger partial charge in [-0.15, -0.1) is 0 Å². The third-order valence-electron chi connectivity index (χ3n) is 6.46. The minimum Gasteiger partial charge on any atom is -0.398 e. The molecule has 194 valence electrons. The number of benzene rings is 2. The Hall–Kier alpha value is -2.61. The summed E-state index contributed by atoms with van der Waals surface area (Å²) in [5.41, 5.74) is 10.3. The number of rotatable bonds is 5. The van der Waals surface area contributed by atoms with E-state index in [1.165, 1.54) is 18.2 Å². The summed E-state index contributed by atoms with van der Waals surface area (Å²) < 4.78 is 19.2. The van der Waals surface area contributed by atoms with Gasteiger partial charge in [0.25, 0.3) is 0 Å². The summed E-state index contributed by atoms with van der Waals surface area (Å²) in [5, 5.41) is 3.66. The molecule has 0 aliphatic carbocycles. The van der Waals surface area contributed by atoms with Crippen molar-refractivity contribution in [3.05, 3.63) is 70.0 Å². The van der Waals surface area contributed by atoms with Crippen LogP contribution in [-0.2, 0) is 9.53 Å². The quantitative estimate of drug-likeness (QED) is 0.215. The Morgan fingerprint density at radius 2 is 1.97 bits per heavy atom. The molecule has 36 heavy (non-hydrogen) atoms. The molecule has 9 heteroatoms. The Morgan fingerprint density at radius 3 is 2.61 bits per heavy atom. The molecule has 2 fully saturated rings. The van der Waals surface area contributed by atoms with Crippen LogP contribution in [0, 0.1) is 5.82 Å². The number of ether oxygens (including phenoxy) is 1. The summed E-state index contributed by atoms with van der Waals surface area (Å²) in [7, 11) is 1.89. The average Bonchev–Trinajstić information content (AvgIpc) is 3.36. The lowest BCUT2D eigenvalue weighted by molar-refractivity contribution is -0.125. The van der Waals surface area contributed by atoms with Crippen LogP contribution in [-0.4, -0.2) is 55.9 Å². The van der Waals surface area contributed by atoms with Crippen LogP contribution in [0.2, 0.25) is 10.0 Å². The number of nitrogens with two attached hydrogens (primary N) is 1. The second-order valence-corrected chi connectivity index (χ2v) is 9.63. The van der Waals surface area contributed by atoms with Crippen molar-refractivity contribution in [1.29, 1.82) is 0 Å². The molecule has 0 radical (unpaired) electrons. The molecule has 0 aromatic heterocycles. The van der Waals surface area contributed by atoms with Crippen molar-refractivity contribution in [2.75, 3.05) is 44.4 Å². The fraction of sp³-hybridized carbons (Fsp3) is 0.407. The number of carbonyl (C=O) groups excluding carboxylic acids is 1. The summed E-state index contributed by atoms with van der Waals surface area (Å²) in [6, 6.07) is 9.11. The predicted octanol–water partition coefficient (Wildman–Crippen LogP) is 5.93. The van der Waals surface area contributed by atoms with E-state index in [9.17, 15) is 9.18 Å². The van der Waals surface area contributed by atoms with Crippen molar-refractivity contribution >= 4 is 46.2 Å². The summed E-state index contributed by atoms with van der Waals surface area (Å²) in [4.78, 5) is 17.9. The number of hydrogen-bond donors (Lipinski definition) is 2. The summed E-state index contributed by atoms with van der Waals surface area (Å²) in [6.45, 7) is 8.13. The number of halogens is 3. The second-order valence-electron chi connectivity index (χ2n) is 8.84. The molecule has 4 rings (SSSR count). The minimum absolute atomic E-state index is 0.111. The number of anilines is 2. The van der Waals surface area contributed by atoms with E-state index in [1.807, 2.05) is 32.2 Å². The van der Waals surface area contributed by atoms with Gasteiger partial charge in [0.05, 0.1) is 16.1 Å². The van der Waals surface area contributed by atoms with Gasteiger partial charge in [-0.2, -0.15) is 0 Å². The van der Waals surface area contributed by atoms with Gasteiger partial charge in [-0.3, -0.25) is 9.79 Å². The largest absolute Gasteiger partial charge is 0.398 e. The maximum atomic E-state index is 13.8. The molecule has 2 saturated heterocycles. The Bertz CT molecular complexity index is 1120. The summed E-state index contributed by atoms with van der Waals surface area (Å²) in [6.07, 6.45) is 3.95. The number of hydrogen-bond acceptors (Lipinski definition) is 5. The first kappa shape index (κ1) is 28.0. The van der Waals surface area contributed by atoms with Gasteiger partial charge >= 0.3 is 0 Å². The zero-order valence-electron chi connectivity index (χ0n) is 20.7. The van der Waals surface area contributed by atoms with Crippen molar-refractivity contribution in [3.8, 4) is 0 Å². The third kappa shape index (κ3) is 6.99. The summed E-state index contributed by atoms with van der Waals surface area (Å²) >= 11 is 11.9. The molecular weight excluding hydrogens is 502 g/mol. The van der Waals surface area contributed by atoms with Crippen LogP contribution >= 0.6 is 23.2 Å². The van der Waals surface area contributed by atoms with Crippen LogP contribution in [0.15, 0.2) is 48.0 Å². The van der Waals surface area contributed by atoms with E-state index in [-0.39, 0.29) is 22.7 Å². The first-order valence-corrected chi connectivity index (χ1v) is 12.7. The molecule has 2 heterocycles. The van der Waals surface area contributed by atoms with Crippen molar-refractivity contribution in [2.45, 2.75) is 38.1 Å². The van der Waals surface area contributed by atoms with Gasteiger partial charge in [-0.1, -0.05) is 29.8 Å². The topological polar surface area (TPSA) is 80.0 Å². The molecule has 1 atom stereocenters. The highest BCUT2D eigenvalue weighted by molar-refractivity contribution is 6.42. The molecule has 0 bridgehead atoms. The van der Waals surface area contributed by atoms with E-state index >= 15 is 0 Å². The molecule has 3 N–H and O–H groups in total. The monoisotopic (exact) mass is 534 g/mol. The van der Waals surface area contributed by atoms with Crippen molar-refractivity contribution in [2.24, 2.45) is 4.99 Å². The molecule has 1 amide bonds. The number of nitrogens with one attached hydrogen (secondary N) is 1. The van der Waals surface area contributed by atoms with Crippen LogP contribution in [0.5, 0.6) is 0 Å². The summed E-state index contributed by atoms with van der Waals surface area (Å²) in [5.74, 6) is -0.626. The van der Waals surface area contributed by atoms with E-state index in [0.29, 0.717) is 36.1 Å². The normalized spacial score (nSPS) is 18.4. The van der Waals surface area contributed by atoms with Gasteiger partial charge in [0.2, 0.25) is 5.91 Å². The number of carbonyl (C=O) groups is 1. The first-order chi connectivity index (χ1) is 17.2. The first-order valence-electron chi connectivity index (χ1n) is 12.0. The van der Waals surface area contributed by atoms with Gasteiger partial charge < -0.3 is 20.7 Å². The Labute approximate surface area is 222 Å². The van der Waals surface area contributed by atoms with E-state index in [1.54, 1.807) is 4.90 Å². The Kier molecular flexibility index (Phi) is 10.2.